The Morgan fingerprint density at radius 2 is 1.55 bits per heavy atom. The third-order valence-corrected chi connectivity index (χ3v) is 5.85. The molecule has 0 radical (unpaired) electrons. The average Bonchev–Trinajstić information content (AvgIpc) is 3.23. The SMILES string of the molecule is CC(C)CC(N)C(=O)NC(CC(=O)O)C(=O)NC(C(=O)NC(Cc1c[nH]c2ccccc12)C(=O)O)C(C)O. The highest BCUT2D eigenvalue weighted by molar-refractivity contribution is 5.96. The molecule has 0 aliphatic heterocycles. The Bertz CT molecular complexity index is 1160. The fourth-order valence-corrected chi connectivity index (χ4v) is 3.92. The summed E-state index contributed by atoms with van der Waals surface area (Å²) < 4.78 is 0. The van der Waals surface area contributed by atoms with Crippen molar-refractivity contribution in [2.45, 2.75) is 70.3 Å². The fourth-order valence-electron chi connectivity index (χ4n) is 3.92. The number of aliphatic hydroxyl groups excluding tert-OH is 1. The summed E-state index contributed by atoms with van der Waals surface area (Å²) in [5.41, 5.74) is 7.23. The van der Waals surface area contributed by atoms with Crippen molar-refractivity contribution < 1.29 is 39.3 Å². The first-order valence-corrected chi connectivity index (χ1v) is 12.1. The van der Waals surface area contributed by atoms with Crippen LogP contribution in [0.25, 0.3) is 10.9 Å². The standard InChI is InChI=1S/C25H35N5O8/c1-12(2)8-16(26)22(34)28-18(10-20(32)33)23(35)30-21(13(3)31)24(36)29-19(25(37)38)9-14-11-27-17-7-5-4-6-15(14)17/h4-7,11-13,16,18-19,21,27,31H,8-10,26H2,1-3H3,(H,28,34)(H,29,36)(H,30,35)(H,32,33)(H,37,38). The molecule has 13 heteroatoms. The first-order chi connectivity index (χ1) is 17.8. The number of fused-ring (bicyclic) bond motifs is 1. The van der Waals surface area contributed by atoms with Crippen molar-refractivity contribution >= 4 is 40.6 Å². The summed E-state index contributed by atoms with van der Waals surface area (Å²) in [5, 5.41) is 36.6. The summed E-state index contributed by atoms with van der Waals surface area (Å²) >= 11 is 0. The number of carbonyl (C=O) groups is 5. The van der Waals surface area contributed by atoms with Crippen molar-refractivity contribution in [2.75, 3.05) is 0 Å². The highest BCUT2D eigenvalue weighted by atomic mass is 16.4. The van der Waals surface area contributed by atoms with Gasteiger partial charge in [0, 0.05) is 23.5 Å². The second-order valence-electron chi connectivity index (χ2n) is 9.58. The van der Waals surface area contributed by atoms with Crippen molar-refractivity contribution in [3.63, 3.8) is 0 Å². The highest BCUT2D eigenvalue weighted by Crippen LogP contribution is 2.19. The normalized spacial score (nSPS) is 15.2. The lowest BCUT2D eigenvalue weighted by Gasteiger charge is -2.26. The van der Waals surface area contributed by atoms with Crippen LogP contribution in [-0.4, -0.2) is 80.2 Å². The molecular formula is C25H35N5O8. The van der Waals surface area contributed by atoms with E-state index in [1.165, 1.54) is 6.92 Å². The molecule has 2 rings (SSSR count). The quantitative estimate of drug-likeness (QED) is 0.156. The number of hydrogen-bond donors (Lipinski definition) is 8. The zero-order valence-electron chi connectivity index (χ0n) is 21.4. The zero-order chi connectivity index (χ0) is 28.6. The summed E-state index contributed by atoms with van der Waals surface area (Å²) in [7, 11) is 0. The van der Waals surface area contributed by atoms with Gasteiger partial charge < -0.3 is 42.0 Å². The van der Waals surface area contributed by atoms with E-state index in [-0.39, 0.29) is 12.3 Å². The Kier molecular flexibility index (Phi) is 10.8. The second kappa shape index (κ2) is 13.5. The van der Waals surface area contributed by atoms with Crippen molar-refractivity contribution in [3.05, 3.63) is 36.0 Å². The molecule has 9 N–H and O–H groups in total. The van der Waals surface area contributed by atoms with E-state index in [0.717, 1.165) is 10.9 Å². The third-order valence-electron chi connectivity index (χ3n) is 5.85. The van der Waals surface area contributed by atoms with Gasteiger partial charge in [-0.15, -0.1) is 0 Å². The van der Waals surface area contributed by atoms with Gasteiger partial charge in [0.15, 0.2) is 0 Å². The van der Waals surface area contributed by atoms with E-state index in [9.17, 15) is 39.3 Å². The zero-order valence-corrected chi connectivity index (χ0v) is 21.4. The number of aliphatic hydroxyl groups is 1. The molecule has 5 unspecified atom stereocenters. The molecule has 0 saturated carbocycles. The highest BCUT2D eigenvalue weighted by Gasteiger charge is 2.34. The number of benzene rings is 1. The van der Waals surface area contributed by atoms with Crippen LogP contribution in [0.15, 0.2) is 30.5 Å². The first-order valence-electron chi connectivity index (χ1n) is 12.1. The molecule has 0 saturated heterocycles. The number of carboxylic acids is 2. The predicted molar refractivity (Wildman–Crippen MR) is 137 cm³/mol. The van der Waals surface area contributed by atoms with E-state index in [1.807, 2.05) is 26.0 Å². The van der Waals surface area contributed by atoms with Crippen LogP contribution in [0.1, 0.15) is 39.2 Å². The molecule has 208 valence electrons. The van der Waals surface area contributed by atoms with Crippen LogP contribution in [0.3, 0.4) is 0 Å². The number of rotatable bonds is 14. The largest absolute Gasteiger partial charge is 0.481 e. The number of para-hydroxylation sites is 1. The van der Waals surface area contributed by atoms with Crippen LogP contribution in [0.2, 0.25) is 0 Å². The van der Waals surface area contributed by atoms with Gasteiger partial charge in [-0.05, 0) is 30.9 Å². The average molecular weight is 534 g/mol. The minimum Gasteiger partial charge on any atom is -0.481 e. The number of carbonyl (C=O) groups excluding carboxylic acids is 3. The molecule has 1 aromatic heterocycles. The van der Waals surface area contributed by atoms with E-state index in [2.05, 4.69) is 20.9 Å². The molecule has 0 aliphatic rings. The van der Waals surface area contributed by atoms with Crippen molar-refractivity contribution in [3.8, 4) is 0 Å². The van der Waals surface area contributed by atoms with Crippen LogP contribution in [0.4, 0.5) is 0 Å². The van der Waals surface area contributed by atoms with Crippen LogP contribution < -0.4 is 21.7 Å². The van der Waals surface area contributed by atoms with Gasteiger partial charge in [-0.1, -0.05) is 32.0 Å². The van der Waals surface area contributed by atoms with E-state index >= 15 is 0 Å². The van der Waals surface area contributed by atoms with E-state index < -0.39 is 66.4 Å². The Labute approximate surface area is 219 Å². The minimum absolute atomic E-state index is 0.0669. The summed E-state index contributed by atoms with van der Waals surface area (Å²) in [6.07, 6.45) is -0.455. The number of amides is 3. The molecule has 38 heavy (non-hydrogen) atoms. The summed E-state index contributed by atoms with van der Waals surface area (Å²) in [6, 6.07) is 1.60. The second-order valence-corrected chi connectivity index (χ2v) is 9.58. The number of nitrogens with two attached hydrogens (primary N) is 1. The Morgan fingerprint density at radius 3 is 2.13 bits per heavy atom. The Balaban J connectivity index is 2.15. The van der Waals surface area contributed by atoms with Crippen molar-refractivity contribution in [2.24, 2.45) is 11.7 Å². The summed E-state index contributed by atoms with van der Waals surface area (Å²) in [4.78, 5) is 64.4. The molecule has 3 amide bonds. The van der Waals surface area contributed by atoms with Crippen LogP contribution in [-0.2, 0) is 30.4 Å². The van der Waals surface area contributed by atoms with Gasteiger partial charge >= 0.3 is 11.9 Å². The molecular weight excluding hydrogens is 498 g/mol. The molecule has 0 spiro atoms. The van der Waals surface area contributed by atoms with Crippen molar-refractivity contribution in [1.82, 2.24) is 20.9 Å². The Morgan fingerprint density at radius 1 is 0.921 bits per heavy atom. The number of H-pyrrole nitrogens is 1. The van der Waals surface area contributed by atoms with Gasteiger partial charge in [0.2, 0.25) is 17.7 Å². The maximum atomic E-state index is 12.9. The van der Waals surface area contributed by atoms with Gasteiger partial charge in [0.25, 0.3) is 0 Å². The molecule has 0 fully saturated rings. The smallest absolute Gasteiger partial charge is 0.326 e. The van der Waals surface area contributed by atoms with Gasteiger partial charge in [-0.3, -0.25) is 19.2 Å². The lowest BCUT2D eigenvalue weighted by Crippen LogP contribution is -2.60. The molecule has 1 heterocycles. The fraction of sp³-hybridized carbons (Fsp3) is 0.480. The minimum atomic E-state index is -1.63. The van der Waals surface area contributed by atoms with Gasteiger partial charge in [0.05, 0.1) is 18.6 Å². The molecule has 5 atom stereocenters. The monoisotopic (exact) mass is 533 g/mol. The lowest BCUT2D eigenvalue weighted by molar-refractivity contribution is -0.144. The van der Waals surface area contributed by atoms with Crippen LogP contribution >= 0.6 is 0 Å². The van der Waals surface area contributed by atoms with E-state index in [4.69, 9.17) is 5.73 Å². The van der Waals surface area contributed by atoms with Gasteiger partial charge in [0.1, 0.15) is 18.1 Å². The predicted octanol–water partition coefficient (Wildman–Crippen LogP) is -0.522. The maximum absolute atomic E-state index is 12.9. The molecule has 2 aromatic rings. The third kappa shape index (κ3) is 8.56. The molecule has 0 aliphatic carbocycles. The maximum Gasteiger partial charge on any atom is 0.326 e. The molecule has 13 nitrogen and oxygen atoms in total. The number of hydrogen-bond acceptors (Lipinski definition) is 7. The van der Waals surface area contributed by atoms with Gasteiger partial charge in [-0.2, -0.15) is 0 Å². The first kappa shape index (κ1) is 30.3. The number of aromatic amines is 1. The number of carboxylic acid groups (broad SMARTS) is 2. The lowest BCUT2D eigenvalue weighted by atomic mass is 10.0. The Hall–Kier alpha value is -3.97. The molecule has 0 bridgehead atoms. The number of aliphatic carboxylic acids is 2. The topological polar surface area (TPSA) is 224 Å². The van der Waals surface area contributed by atoms with Crippen LogP contribution in [0, 0.1) is 5.92 Å². The van der Waals surface area contributed by atoms with Gasteiger partial charge in [-0.25, -0.2) is 4.79 Å². The van der Waals surface area contributed by atoms with Crippen LogP contribution in [0.5, 0.6) is 0 Å². The van der Waals surface area contributed by atoms with E-state index in [1.54, 1.807) is 18.3 Å². The summed E-state index contributed by atoms with van der Waals surface area (Å²) in [5.74, 6) is -5.47. The number of nitrogens with one attached hydrogen (secondary N) is 4. The molecule has 1 aromatic carbocycles. The summed E-state index contributed by atoms with van der Waals surface area (Å²) in [6.45, 7) is 4.87. The van der Waals surface area contributed by atoms with Crippen molar-refractivity contribution in [1.29, 1.82) is 0 Å². The number of aromatic nitrogens is 1. The van der Waals surface area contributed by atoms with E-state index in [0.29, 0.717) is 12.0 Å².